The van der Waals surface area contributed by atoms with Crippen molar-refractivity contribution < 1.29 is 4.39 Å². The van der Waals surface area contributed by atoms with Crippen LogP contribution in [0.15, 0.2) is 24.3 Å². The van der Waals surface area contributed by atoms with Crippen LogP contribution < -0.4 is 5.73 Å². The molecule has 2 rings (SSSR count). The quantitative estimate of drug-likeness (QED) is 0.898. The Balaban J connectivity index is 2.10. The van der Waals surface area contributed by atoms with Gasteiger partial charge in [-0.05, 0) is 56.3 Å². The molecule has 1 aliphatic rings. The van der Waals surface area contributed by atoms with Crippen molar-refractivity contribution in [3.8, 4) is 0 Å². The first-order valence-corrected chi connectivity index (χ1v) is 8.11. The minimum absolute atomic E-state index is 0.118. The van der Waals surface area contributed by atoms with Gasteiger partial charge < -0.3 is 5.73 Å². The summed E-state index contributed by atoms with van der Waals surface area (Å²) in [5.41, 5.74) is 7.15. The first-order chi connectivity index (χ1) is 9.92. The van der Waals surface area contributed by atoms with Crippen LogP contribution in [0.5, 0.6) is 0 Å². The molecule has 3 heteroatoms. The van der Waals surface area contributed by atoms with Gasteiger partial charge >= 0.3 is 0 Å². The fraction of sp³-hybridized carbons (Fsp3) is 0.667. The third-order valence-electron chi connectivity index (χ3n) is 5.56. The molecule has 1 heterocycles. The van der Waals surface area contributed by atoms with Gasteiger partial charge in [-0.1, -0.05) is 38.5 Å². The van der Waals surface area contributed by atoms with Gasteiger partial charge in [0.15, 0.2) is 0 Å². The van der Waals surface area contributed by atoms with Gasteiger partial charge in [-0.25, -0.2) is 4.39 Å². The van der Waals surface area contributed by atoms with Crippen LogP contribution in [0.2, 0.25) is 0 Å². The van der Waals surface area contributed by atoms with E-state index in [-0.39, 0.29) is 11.4 Å². The standard InChI is InChI=1S/C18H29FN2/c1-4-17(2)9-11-21(12-10-17)18(3,14-20)13-15-7-5-6-8-16(15)19/h5-8H,4,9-14,20H2,1-3H3. The summed E-state index contributed by atoms with van der Waals surface area (Å²) >= 11 is 0. The maximum absolute atomic E-state index is 13.9. The van der Waals surface area contributed by atoms with Crippen LogP contribution in [0.3, 0.4) is 0 Å². The van der Waals surface area contributed by atoms with Crippen molar-refractivity contribution in [2.75, 3.05) is 19.6 Å². The minimum atomic E-state index is -0.155. The smallest absolute Gasteiger partial charge is 0.126 e. The van der Waals surface area contributed by atoms with Crippen LogP contribution >= 0.6 is 0 Å². The van der Waals surface area contributed by atoms with E-state index >= 15 is 0 Å². The summed E-state index contributed by atoms with van der Waals surface area (Å²) in [7, 11) is 0. The third-order valence-corrected chi connectivity index (χ3v) is 5.56. The van der Waals surface area contributed by atoms with Crippen molar-refractivity contribution >= 4 is 0 Å². The van der Waals surface area contributed by atoms with E-state index in [9.17, 15) is 4.39 Å². The van der Waals surface area contributed by atoms with Crippen molar-refractivity contribution in [1.82, 2.24) is 4.90 Å². The second-order valence-corrected chi connectivity index (χ2v) is 7.12. The molecule has 0 aromatic heterocycles. The molecule has 1 aliphatic heterocycles. The van der Waals surface area contributed by atoms with Gasteiger partial charge in [0.05, 0.1) is 0 Å². The van der Waals surface area contributed by atoms with Crippen molar-refractivity contribution in [2.45, 2.75) is 52.0 Å². The van der Waals surface area contributed by atoms with Crippen molar-refractivity contribution in [1.29, 1.82) is 0 Å². The number of rotatable bonds is 5. The molecule has 118 valence electrons. The highest BCUT2D eigenvalue weighted by molar-refractivity contribution is 5.20. The summed E-state index contributed by atoms with van der Waals surface area (Å²) in [6, 6.07) is 7.06. The second-order valence-electron chi connectivity index (χ2n) is 7.12. The van der Waals surface area contributed by atoms with E-state index in [4.69, 9.17) is 5.73 Å². The van der Waals surface area contributed by atoms with Crippen LogP contribution in [0.25, 0.3) is 0 Å². The van der Waals surface area contributed by atoms with Gasteiger partial charge in [0, 0.05) is 12.1 Å². The third kappa shape index (κ3) is 3.64. The Morgan fingerprint density at radius 2 is 1.90 bits per heavy atom. The molecule has 1 aromatic rings. The van der Waals surface area contributed by atoms with Gasteiger partial charge in [-0.2, -0.15) is 0 Å². The second kappa shape index (κ2) is 6.45. The van der Waals surface area contributed by atoms with E-state index < -0.39 is 0 Å². The summed E-state index contributed by atoms with van der Waals surface area (Å²) in [4.78, 5) is 2.47. The fourth-order valence-electron chi connectivity index (χ4n) is 3.31. The summed E-state index contributed by atoms with van der Waals surface area (Å²) < 4.78 is 13.9. The molecule has 1 saturated heterocycles. The maximum Gasteiger partial charge on any atom is 0.126 e. The highest BCUT2D eigenvalue weighted by Crippen LogP contribution is 2.36. The Bertz CT molecular complexity index is 466. The van der Waals surface area contributed by atoms with E-state index in [1.54, 1.807) is 6.07 Å². The van der Waals surface area contributed by atoms with Crippen molar-refractivity contribution in [3.05, 3.63) is 35.6 Å². The number of nitrogens with zero attached hydrogens (tertiary/aromatic N) is 1. The zero-order chi connectivity index (χ0) is 15.5. The molecule has 0 radical (unpaired) electrons. The normalized spacial score (nSPS) is 22.0. The number of nitrogens with two attached hydrogens (primary N) is 1. The molecular weight excluding hydrogens is 263 g/mol. The predicted molar refractivity (Wildman–Crippen MR) is 86.8 cm³/mol. The first kappa shape index (κ1) is 16.4. The number of halogens is 1. The molecule has 0 bridgehead atoms. The summed E-state index contributed by atoms with van der Waals surface area (Å²) in [5, 5.41) is 0. The summed E-state index contributed by atoms with van der Waals surface area (Å²) in [6.07, 6.45) is 4.32. The van der Waals surface area contributed by atoms with Gasteiger partial charge in [0.1, 0.15) is 5.82 Å². The molecule has 0 spiro atoms. The highest BCUT2D eigenvalue weighted by Gasteiger charge is 2.37. The molecule has 0 aliphatic carbocycles. The van der Waals surface area contributed by atoms with Crippen LogP contribution in [0.4, 0.5) is 4.39 Å². The summed E-state index contributed by atoms with van der Waals surface area (Å²) in [6.45, 7) is 9.51. The molecule has 2 nitrogen and oxygen atoms in total. The average molecular weight is 292 g/mol. The van der Waals surface area contributed by atoms with E-state index in [2.05, 4.69) is 25.7 Å². The maximum atomic E-state index is 13.9. The van der Waals surface area contributed by atoms with E-state index in [1.165, 1.54) is 25.3 Å². The summed E-state index contributed by atoms with van der Waals surface area (Å²) in [5.74, 6) is -0.118. The largest absolute Gasteiger partial charge is 0.329 e. The minimum Gasteiger partial charge on any atom is -0.329 e. The van der Waals surface area contributed by atoms with Crippen LogP contribution in [-0.4, -0.2) is 30.1 Å². The Morgan fingerprint density at radius 1 is 1.29 bits per heavy atom. The SMILES string of the molecule is CCC1(C)CCN(C(C)(CN)Cc2ccccc2F)CC1. The van der Waals surface area contributed by atoms with Crippen LogP contribution in [0.1, 0.15) is 45.6 Å². The Labute approximate surface area is 128 Å². The van der Waals surface area contributed by atoms with Crippen LogP contribution in [0, 0.1) is 11.2 Å². The van der Waals surface area contributed by atoms with Gasteiger partial charge in [0.25, 0.3) is 0 Å². The Morgan fingerprint density at radius 3 is 2.43 bits per heavy atom. The van der Waals surface area contributed by atoms with E-state index in [1.807, 2.05) is 12.1 Å². The van der Waals surface area contributed by atoms with Gasteiger partial charge in [-0.15, -0.1) is 0 Å². The lowest BCUT2D eigenvalue weighted by Crippen LogP contribution is -2.56. The number of piperidine rings is 1. The van der Waals surface area contributed by atoms with E-state index in [0.717, 1.165) is 18.7 Å². The fourth-order valence-corrected chi connectivity index (χ4v) is 3.31. The first-order valence-electron chi connectivity index (χ1n) is 8.11. The van der Waals surface area contributed by atoms with Crippen molar-refractivity contribution in [2.24, 2.45) is 11.1 Å². The van der Waals surface area contributed by atoms with Crippen molar-refractivity contribution in [3.63, 3.8) is 0 Å². The zero-order valence-corrected chi connectivity index (χ0v) is 13.7. The number of hydrogen-bond acceptors (Lipinski definition) is 2. The molecule has 1 fully saturated rings. The molecule has 0 saturated carbocycles. The molecule has 1 atom stereocenters. The van der Waals surface area contributed by atoms with Crippen LogP contribution in [-0.2, 0) is 6.42 Å². The molecular formula is C18H29FN2. The van der Waals surface area contributed by atoms with Gasteiger partial charge in [-0.3, -0.25) is 4.90 Å². The zero-order valence-electron chi connectivity index (χ0n) is 13.7. The molecule has 21 heavy (non-hydrogen) atoms. The van der Waals surface area contributed by atoms with E-state index in [0.29, 0.717) is 18.4 Å². The lowest BCUT2D eigenvalue weighted by Gasteiger charge is -2.47. The number of likely N-dealkylation sites (tertiary alicyclic amines) is 1. The Hall–Kier alpha value is -0.930. The molecule has 0 amide bonds. The molecule has 1 unspecified atom stereocenters. The molecule has 1 aromatic carbocycles. The Kier molecular flexibility index (Phi) is 5.05. The lowest BCUT2D eigenvalue weighted by atomic mass is 9.76. The lowest BCUT2D eigenvalue weighted by molar-refractivity contribution is 0.0342. The monoisotopic (exact) mass is 292 g/mol. The number of hydrogen-bond donors (Lipinski definition) is 1. The molecule has 2 N–H and O–H groups in total. The van der Waals surface area contributed by atoms with Gasteiger partial charge in [0.2, 0.25) is 0 Å². The topological polar surface area (TPSA) is 29.3 Å². The predicted octanol–water partition coefficient (Wildman–Crippen LogP) is 3.60. The highest BCUT2D eigenvalue weighted by atomic mass is 19.1. The average Bonchev–Trinajstić information content (AvgIpc) is 2.50. The number of benzene rings is 1.